The number of ether oxygens (including phenoxy) is 1. The summed E-state index contributed by atoms with van der Waals surface area (Å²) in [5.74, 6) is 0.383. The van der Waals surface area contributed by atoms with Crippen molar-refractivity contribution >= 4 is 11.8 Å². The second kappa shape index (κ2) is 9.47. The lowest BCUT2D eigenvalue weighted by molar-refractivity contribution is -0.144. The van der Waals surface area contributed by atoms with Gasteiger partial charge in [0.1, 0.15) is 0 Å². The third-order valence-electron chi connectivity index (χ3n) is 5.91. The number of rotatable bonds is 7. The summed E-state index contributed by atoms with van der Waals surface area (Å²) in [6.45, 7) is 4.61. The minimum absolute atomic E-state index is 0.0392. The number of likely N-dealkylation sites (tertiary alicyclic amines) is 2. The van der Waals surface area contributed by atoms with Crippen molar-refractivity contribution in [1.82, 2.24) is 19.7 Å². The lowest BCUT2D eigenvalue weighted by atomic mass is 9.73. The van der Waals surface area contributed by atoms with Gasteiger partial charge in [0.05, 0.1) is 13.2 Å². The average molecular weight is 389 g/mol. The van der Waals surface area contributed by atoms with Gasteiger partial charge in [0.25, 0.3) is 0 Å². The summed E-state index contributed by atoms with van der Waals surface area (Å²) in [5, 5.41) is 0. The largest absolute Gasteiger partial charge is 0.383 e. The van der Waals surface area contributed by atoms with Crippen molar-refractivity contribution in [1.29, 1.82) is 0 Å². The van der Waals surface area contributed by atoms with Crippen LogP contribution in [0.2, 0.25) is 0 Å². The van der Waals surface area contributed by atoms with Crippen molar-refractivity contribution in [2.24, 2.45) is 5.41 Å². The summed E-state index contributed by atoms with van der Waals surface area (Å²) in [7, 11) is 3.63. The predicted molar refractivity (Wildman–Crippen MR) is 107 cm³/mol. The SMILES string of the molecule is COCCN1CC2(CCCN(C(=O)CN(C)Cc3cccnc3)C2)CCC1=O. The van der Waals surface area contributed by atoms with Crippen LogP contribution >= 0.6 is 0 Å². The van der Waals surface area contributed by atoms with E-state index in [4.69, 9.17) is 4.74 Å². The Kier molecular flexibility index (Phi) is 7.02. The lowest BCUT2D eigenvalue weighted by Gasteiger charge is -2.48. The van der Waals surface area contributed by atoms with E-state index in [1.165, 1.54) is 0 Å². The van der Waals surface area contributed by atoms with Gasteiger partial charge in [0.2, 0.25) is 11.8 Å². The molecule has 1 spiro atoms. The zero-order valence-corrected chi connectivity index (χ0v) is 17.1. The van der Waals surface area contributed by atoms with Crippen LogP contribution in [0.5, 0.6) is 0 Å². The maximum Gasteiger partial charge on any atom is 0.236 e. The first kappa shape index (κ1) is 20.7. The highest BCUT2D eigenvalue weighted by molar-refractivity contribution is 5.79. The molecule has 2 fully saturated rings. The van der Waals surface area contributed by atoms with Crippen LogP contribution in [0.1, 0.15) is 31.2 Å². The summed E-state index contributed by atoms with van der Waals surface area (Å²) in [6, 6.07) is 3.94. The molecule has 154 valence electrons. The van der Waals surface area contributed by atoms with Gasteiger partial charge >= 0.3 is 0 Å². The predicted octanol–water partition coefficient (Wildman–Crippen LogP) is 1.39. The number of hydrogen-bond acceptors (Lipinski definition) is 5. The smallest absolute Gasteiger partial charge is 0.236 e. The Morgan fingerprint density at radius 2 is 2.21 bits per heavy atom. The van der Waals surface area contributed by atoms with Crippen LogP contribution in [0, 0.1) is 5.41 Å². The highest BCUT2D eigenvalue weighted by Crippen LogP contribution is 2.38. The zero-order chi connectivity index (χ0) is 20.0. The molecule has 3 heterocycles. The highest BCUT2D eigenvalue weighted by atomic mass is 16.5. The van der Waals surface area contributed by atoms with Crippen LogP contribution in [0.3, 0.4) is 0 Å². The summed E-state index contributed by atoms with van der Waals surface area (Å²) in [4.78, 5) is 35.3. The molecule has 2 saturated heterocycles. The van der Waals surface area contributed by atoms with Crippen molar-refractivity contribution in [2.45, 2.75) is 32.2 Å². The number of likely N-dealkylation sites (N-methyl/N-ethyl adjacent to an activating group) is 1. The molecule has 0 N–H and O–H groups in total. The minimum Gasteiger partial charge on any atom is -0.383 e. The lowest BCUT2D eigenvalue weighted by Crippen LogP contribution is -2.56. The van der Waals surface area contributed by atoms with E-state index in [9.17, 15) is 9.59 Å². The zero-order valence-electron chi connectivity index (χ0n) is 17.1. The van der Waals surface area contributed by atoms with Gasteiger partial charge in [-0.25, -0.2) is 0 Å². The second-order valence-electron chi connectivity index (χ2n) is 8.26. The van der Waals surface area contributed by atoms with Crippen LogP contribution in [0.15, 0.2) is 24.5 Å². The number of aromatic nitrogens is 1. The van der Waals surface area contributed by atoms with Crippen LogP contribution in [0.4, 0.5) is 0 Å². The highest BCUT2D eigenvalue weighted by Gasteiger charge is 2.42. The quantitative estimate of drug-likeness (QED) is 0.706. The summed E-state index contributed by atoms with van der Waals surface area (Å²) >= 11 is 0. The number of methoxy groups -OCH3 is 1. The number of nitrogens with zero attached hydrogens (tertiary/aromatic N) is 4. The standard InChI is InChI=1S/C21H32N4O3/c1-23(14-18-5-3-9-22-13-18)15-20(27)24-10-4-7-21(16-24)8-6-19(26)25(17-21)11-12-28-2/h3,5,9,13H,4,6-8,10-12,14-17H2,1-2H3. The van der Waals surface area contributed by atoms with E-state index in [0.29, 0.717) is 32.7 Å². The number of hydrogen-bond donors (Lipinski definition) is 0. The topological polar surface area (TPSA) is 66.0 Å². The Balaban J connectivity index is 1.56. The first-order valence-corrected chi connectivity index (χ1v) is 10.1. The Morgan fingerprint density at radius 1 is 1.36 bits per heavy atom. The van der Waals surface area contributed by atoms with Gasteiger partial charge in [0, 0.05) is 64.1 Å². The van der Waals surface area contributed by atoms with Crippen molar-refractivity contribution in [3.63, 3.8) is 0 Å². The van der Waals surface area contributed by atoms with Gasteiger partial charge in [-0.05, 0) is 37.9 Å². The molecular weight excluding hydrogens is 356 g/mol. The van der Waals surface area contributed by atoms with Crippen molar-refractivity contribution in [3.05, 3.63) is 30.1 Å². The molecule has 28 heavy (non-hydrogen) atoms. The van der Waals surface area contributed by atoms with Crippen molar-refractivity contribution < 1.29 is 14.3 Å². The molecule has 0 saturated carbocycles. The first-order valence-electron chi connectivity index (χ1n) is 10.1. The van der Waals surface area contributed by atoms with E-state index < -0.39 is 0 Å². The Bertz CT molecular complexity index is 669. The molecule has 2 aliphatic heterocycles. The molecule has 3 rings (SSSR count). The molecule has 2 amide bonds. The van der Waals surface area contributed by atoms with Gasteiger partial charge in [0.15, 0.2) is 0 Å². The number of amides is 2. The molecule has 0 aliphatic carbocycles. The van der Waals surface area contributed by atoms with Gasteiger partial charge < -0.3 is 14.5 Å². The molecular formula is C21H32N4O3. The number of pyridine rings is 1. The van der Waals surface area contributed by atoms with Crippen LogP contribution in [-0.2, 0) is 20.9 Å². The number of carbonyl (C=O) groups excluding carboxylic acids is 2. The van der Waals surface area contributed by atoms with Gasteiger partial charge in [-0.15, -0.1) is 0 Å². The minimum atomic E-state index is 0.0392. The molecule has 0 bridgehead atoms. The van der Waals surface area contributed by atoms with E-state index in [1.54, 1.807) is 13.3 Å². The van der Waals surface area contributed by atoms with Crippen LogP contribution in [-0.4, -0.2) is 85.0 Å². The maximum atomic E-state index is 12.9. The van der Waals surface area contributed by atoms with E-state index in [0.717, 1.165) is 44.5 Å². The Hall–Kier alpha value is -1.99. The third kappa shape index (κ3) is 5.29. The van der Waals surface area contributed by atoms with E-state index in [-0.39, 0.29) is 17.2 Å². The molecule has 7 nitrogen and oxygen atoms in total. The third-order valence-corrected chi connectivity index (χ3v) is 5.91. The van der Waals surface area contributed by atoms with Crippen molar-refractivity contribution in [2.75, 3.05) is 53.5 Å². The average Bonchev–Trinajstić information content (AvgIpc) is 2.69. The summed E-state index contributed by atoms with van der Waals surface area (Å²) in [5.41, 5.74) is 1.14. The Morgan fingerprint density at radius 3 is 2.96 bits per heavy atom. The molecule has 2 aliphatic rings. The summed E-state index contributed by atoms with van der Waals surface area (Å²) in [6.07, 6.45) is 7.14. The van der Waals surface area contributed by atoms with E-state index in [2.05, 4.69) is 4.98 Å². The van der Waals surface area contributed by atoms with Crippen molar-refractivity contribution in [3.8, 4) is 0 Å². The molecule has 1 aromatic heterocycles. The fourth-order valence-corrected chi connectivity index (χ4v) is 4.45. The normalized spacial score (nSPS) is 22.9. The van der Waals surface area contributed by atoms with E-state index >= 15 is 0 Å². The maximum absolute atomic E-state index is 12.9. The molecule has 1 unspecified atom stereocenters. The fraction of sp³-hybridized carbons (Fsp3) is 0.667. The van der Waals surface area contributed by atoms with Gasteiger partial charge in [-0.3, -0.25) is 19.5 Å². The molecule has 1 atom stereocenters. The second-order valence-corrected chi connectivity index (χ2v) is 8.26. The van der Waals surface area contributed by atoms with Gasteiger partial charge in [-0.1, -0.05) is 6.07 Å². The summed E-state index contributed by atoms with van der Waals surface area (Å²) < 4.78 is 5.15. The van der Waals surface area contributed by atoms with Crippen LogP contribution in [0.25, 0.3) is 0 Å². The van der Waals surface area contributed by atoms with E-state index in [1.807, 2.05) is 40.1 Å². The fourth-order valence-electron chi connectivity index (χ4n) is 4.45. The number of piperidine rings is 2. The Labute approximate surface area is 167 Å². The first-order chi connectivity index (χ1) is 13.5. The molecule has 7 heteroatoms. The van der Waals surface area contributed by atoms with Gasteiger partial charge in [-0.2, -0.15) is 0 Å². The molecule has 0 aromatic carbocycles. The molecule has 1 aromatic rings. The molecule has 0 radical (unpaired) electrons. The van der Waals surface area contributed by atoms with Crippen LogP contribution < -0.4 is 0 Å². The monoisotopic (exact) mass is 388 g/mol. The number of carbonyl (C=O) groups is 2.